The Morgan fingerprint density at radius 1 is 0.952 bits per heavy atom. The molecule has 8 nitrogen and oxygen atoms in total. The van der Waals surface area contributed by atoms with Crippen LogP contribution in [0.15, 0.2) is 71.6 Å². The zero-order valence-corrected chi connectivity index (χ0v) is 26.8. The normalized spacial score (nSPS) is 12.1. The maximum atomic E-state index is 14.1. The molecule has 0 heterocycles. The Kier molecular flexibility index (Phi) is 11.7. The predicted molar refractivity (Wildman–Crippen MR) is 168 cm³/mol. The Balaban J connectivity index is 2.09. The second kappa shape index (κ2) is 14.8. The first-order chi connectivity index (χ1) is 19.9. The van der Waals surface area contributed by atoms with Gasteiger partial charge in [0.1, 0.15) is 18.3 Å². The minimum atomic E-state index is -4.18. The molecule has 0 saturated carbocycles. The van der Waals surface area contributed by atoms with Gasteiger partial charge in [-0.15, -0.1) is 0 Å². The molecule has 11 heteroatoms. The number of carbonyl (C=O) groups excluding carboxylic acids is 2. The molecule has 3 aromatic rings. The molecule has 0 aliphatic heterocycles. The van der Waals surface area contributed by atoms with E-state index in [2.05, 4.69) is 5.32 Å². The molecular weight excluding hydrogens is 597 g/mol. The molecule has 0 fully saturated rings. The second-order valence-electron chi connectivity index (χ2n) is 10.1. The molecule has 226 valence electrons. The van der Waals surface area contributed by atoms with Gasteiger partial charge in [-0.3, -0.25) is 13.9 Å². The highest BCUT2D eigenvalue weighted by atomic mass is 35.5. The molecule has 0 radical (unpaired) electrons. The highest BCUT2D eigenvalue weighted by molar-refractivity contribution is 7.92. The maximum Gasteiger partial charge on any atom is 0.264 e. The number of nitrogens with zero attached hydrogens (tertiary/aromatic N) is 2. The summed E-state index contributed by atoms with van der Waals surface area (Å²) in [5.41, 5.74) is 1.74. The fourth-order valence-electron chi connectivity index (χ4n) is 4.38. The van der Waals surface area contributed by atoms with E-state index < -0.39 is 28.5 Å². The Morgan fingerprint density at radius 2 is 1.60 bits per heavy atom. The summed E-state index contributed by atoms with van der Waals surface area (Å²) in [6.07, 6.45) is 0.295. The molecule has 0 saturated heterocycles. The molecule has 3 rings (SSSR count). The number of hydrogen-bond acceptors (Lipinski definition) is 5. The lowest BCUT2D eigenvalue weighted by Gasteiger charge is -2.33. The first-order valence-corrected chi connectivity index (χ1v) is 15.9. The monoisotopic (exact) mass is 633 g/mol. The van der Waals surface area contributed by atoms with Gasteiger partial charge in [-0.25, -0.2) is 8.42 Å². The van der Waals surface area contributed by atoms with Crippen molar-refractivity contribution < 1.29 is 22.7 Å². The Bertz CT molecular complexity index is 1480. The molecular formula is C31H37Cl2N3O5S. The molecule has 0 unspecified atom stereocenters. The lowest BCUT2D eigenvalue weighted by Crippen LogP contribution is -2.53. The number of rotatable bonds is 13. The van der Waals surface area contributed by atoms with Crippen LogP contribution in [0.25, 0.3) is 0 Å². The Labute approximate surface area is 258 Å². The van der Waals surface area contributed by atoms with Gasteiger partial charge in [0.25, 0.3) is 10.0 Å². The molecule has 0 aliphatic carbocycles. The largest absolute Gasteiger partial charge is 0.494 e. The van der Waals surface area contributed by atoms with Crippen molar-refractivity contribution in [2.45, 2.75) is 64.6 Å². The first kappa shape index (κ1) is 33.2. The minimum absolute atomic E-state index is 0.0272. The van der Waals surface area contributed by atoms with Gasteiger partial charge in [-0.2, -0.15) is 0 Å². The molecule has 0 spiro atoms. The number of carbonyl (C=O) groups is 2. The zero-order valence-electron chi connectivity index (χ0n) is 24.4. The van der Waals surface area contributed by atoms with Crippen LogP contribution in [-0.2, 0) is 26.2 Å². The summed E-state index contributed by atoms with van der Waals surface area (Å²) >= 11 is 12.5. The molecule has 2 amide bonds. The Morgan fingerprint density at radius 3 is 2.14 bits per heavy atom. The highest BCUT2D eigenvalue weighted by Gasteiger charge is 2.34. The van der Waals surface area contributed by atoms with E-state index in [9.17, 15) is 18.0 Å². The van der Waals surface area contributed by atoms with Crippen LogP contribution in [0.3, 0.4) is 0 Å². The van der Waals surface area contributed by atoms with Gasteiger partial charge in [0.15, 0.2) is 0 Å². The van der Waals surface area contributed by atoms with Crippen LogP contribution >= 0.6 is 23.2 Å². The van der Waals surface area contributed by atoms with E-state index in [-0.39, 0.29) is 29.1 Å². The van der Waals surface area contributed by atoms with E-state index in [1.165, 1.54) is 17.0 Å². The van der Waals surface area contributed by atoms with Crippen molar-refractivity contribution in [2.24, 2.45) is 0 Å². The fourth-order valence-corrected chi connectivity index (χ4v) is 6.26. The van der Waals surface area contributed by atoms with Crippen LogP contribution < -0.4 is 14.4 Å². The average Bonchev–Trinajstić information content (AvgIpc) is 2.93. The van der Waals surface area contributed by atoms with Gasteiger partial charge in [0.2, 0.25) is 11.8 Å². The number of benzene rings is 3. The summed E-state index contributed by atoms with van der Waals surface area (Å²) in [5.74, 6) is -0.355. The van der Waals surface area contributed by atoms with Crippen molar-refractivity contribution >= 4 is 50.7 Å². The number of ether oxygens (including phenoxy) is 1. The van der Waals surface area contributed by atoms with Crippen LogP contribution in [0, 0.1) is 6.92 Å². The third-order valence-corrected chi connectivity index (χ3v) is 8.87. The number of sulfonamides is 1. The van der Waals surface area contributed by atoms with Gasteiger partial charge in [-0.1, -0.05) is 53.9 Å². The molecule has 0 aromatic heterocycles. The van der Waals surface area contributed by atoms with Gasteiger partial charge >= 0.3 is 0 Å². The quantitative estimate of drug-likeness (QED) is 0.241. The van der Waals surface area contributed by atoms with Gasteiger partial charge in [0, 0.05) is 22.6 Å². The van der Waals surface area contributed by atoms with Crippen molar-refractivity contribution in [2.75, 3.05) is 17.5 Å². The van der Waals surface area contributed by atoms with Crippen molar-refractivity contribution in [3.8, 4) is 5.75 Å². The highest BCUT2D eigenvalue weighted by Crippen LogP contribution is 2.28. The van der Waals surface area contributed by atoms with E-state index in [1.807, 2.05) is 27.7 Å². The van der Waals surface area contributed by atoms with Crippen LogP contribution in [0.2, 0.25) is 10.0 Å². The minimum Gasteiger partial charge on any atom is -0.494 e. The summed E-state index contributed by atoms with van der Waals surface area (Å²) in [4.78, 5) is 28.8. The van der Waals surface area contributed by atoms with Crippen molar-refractivity contribution in [3.05, 3.63) is 87.9 Å². The Hall–Kier alpha value is -3.27. The van der Waals surface area contributed by atoms with E-state index in [4.69, 9.17) is 27.9 Å². The van der Waals surface area contributed by atoms with E-state index in [0.717, 1.165) is 9.87 Å². The van der Waals surface area contributed by atoms with E-state index in [0.29, 0.717) is 34.4 Å². The number of aryl methyl sites for hydroxylation is 1. The SMILES string of the molecule is CCOc1ccc(N(CC(=O)N(Cc2ccc(Cl)cc2Cl)[C@H](CC)C(=O)NC(C)C)S(=O)(=O)c2ccc(C)cc2)cc1. The van der Waals surface area contributed by atoms with E-state index >= 15 is 0 Å². The van der Waals surface area contributed by atoms with Gasteiger partial charge < -0.3 is 15.0 Å². The number of hydrogen-bond donors (Lipinski definition) is 1. The molecule has 3 aromatic carbocycles. The third-order valence-electron chi connectivity index (χ3n) is 6.50. The first-order valence-electron chi connectivity index (χ1n) is 13.7. The van der Waals surface area contributed by atoms with Crippen molar-refractivity contribution in [3.63, 3.8) is 0 Å². The van der Waals surface area contributed by atoms with Crippen LogP contribution in [0.5, 0.6) is 5.75 Å². The molecule has 1 atom stereocenters. The smallest absolute Gasteiger partial charge is 0.264 e. The van der Waals surface area contributed by atoms with Gasteiger partial charge in [0.05, 0.1) is 17.2 Å². The number of halogens is 2. The van der Waals surface area contributed by atoms with Crippen molar-refractivity contribution in [1.82, 2.24) is 10.2 Å². The zero-order chi connectivity index (χ0) is 31.0. The topological polar surface area (TPSA) is 96.0 Å². The molecule has 0 bridgehead atoms. The van der Waals surface area contributed by atoms with E-state index in [1.54, 1.807) is 61.5 Å². The predicted octanol–water partition coefficient (Wildman–Crippen LogP) is 6.23. The van der Waals surface area contributed by atoms with Crippen molar-refractivity contribution in [1.29, 1.82) is 0 Å². The lowest BCUT2D eigenvalue weighted by atomic mass is 10.1. The molecule has 1 N–H and O–H groups in total. The lowest BCUT2D eigenvalue weighted by molar-refractivity contribution is -0.140. The number of amides is 2. The average molecular weight is 635 g/mol. The number of anilines is 1. The van der Waals surface area contributed by atoms with Crippen LogP contribution in [0.4, 0.5) is 5.69 Å². The maximum absolute atomic E-state index is 14.1. The fraction of sp³-hybridized carbons (Fsp3) is 0.355. The van der Waals surface area contributed by atoms with Gasteiger partial charge in [-0.05, 0) is 88.2 Å². The summed E-state index contributed by atoms with van der Waals surface area (Å²) in [7, 11) is -4.18. The summed E-state index contributed by atoms with van der Waals surface area (Å²) in [6, 6.07) is 16.7. The number of nitrogens with one attached hydrogen (secondary N) is 1. The molecule has 0 aliphatic rings. The standard InChI is InChI=1S/C31H37Cl2N3O5S/c1-6-29(31(38)34-21(3)4)35(19-23-10-11-24(32)18-28(23)33)30(37)20-36(25-12-14-26(15-13-25)41-7-2)42(39,40)27-16-8-22(5)9-17-27/h8-18,21,29H,6-7,19-20H2,1-5H3,(H,34,38)/t29-/m1/s1. The van der Waals surface area contributed by atoms with Crippen LogP contribution in [-0.4, -0.2) is 50.4 Å². The second-order valence-corrected chi connectivity index (χ2v) is 12.8. The third kappa shape index (κ3) is 8.40. The summed E-state index contributed by atoms with van der Waals surface area (Å²) in [5, 5.41) is 3.63. The summed E-state index contributed by atoms with van der Waals surface area (Å²) < 4.78 is 34.6. The molecule has 42 heavy (non-hydrogen) atoms. The van der Waals surface area contributed by atoms with Crippen LogP contribution in [0.1, 0.15) is 45.2 Å². The summed E-state index contributed by atoms with van der Waals surface area (Å²) in [6.45, 7) is 9.02.